The van der Waals surface area contributed by atoms with Gasteiger partial charge in [-0.1, -0.05) is 60.7 Å². The minimum atomic E-state index is -0.307. The number of carbonyl (C=O) groups is 2. The first-order valence-corrected chi connectivity index (χ1v) is 9.19. The normalized spacial score (nSPS) is 11.4. The maximum atomic E-state index is 11.6. The Hall–Kier alpha value is -3.40. The molecule has 28 heavy (non-hydrogen) atoms. The minimum Gasteiger partial charge on any atom is -0.462 e. The van der Waals surface area contributed by atoms with E-state index in [9.17, 15) is 9.59 Å². The lowest BCUT2D eigenvalue weighted by atomic mass is 10.1. The number of rotatable bonds is 8. The predicted octanol–water partition coefficient (Wildman–Crippen LogP) is 5.32. The lowest BCUT2D eigenvalue weighted by Gasteiger charge is -2.01. The number of allylic oxidation sites excluding steroid dienone is 4. The second kappa shape index (κ2) is 11.3. The second-order valence-electron chi connectivity index (χ2n) is 5.79. The van der Waals surface area contributed by atoms with Crippen molar-refractivity contribution in [3.63, 3.8) is 0 Å². The molecule has 0 atom stereocenters. The Balaban J connectivity index is 1.85. The first-order valence-electron chi connectivity index (χ1n) is 9.19. The largest absolute Gasteiger partial charge is 0.462 e. The molecule has 0 saturated heterocycles. The van der Waals surface area contributed by atoms with E-state index in [1.807, 2.05) is 60.7 Å². The van der Waals surface area contributed by atoms with Crippen LogP contribution in [0.5, 0.6) is 0 Å². The zero-order valence-corrected chi connectivity index (χ0v) is 16.1. The van der Waals surface area contributed by atoms with E-state index in [0.29, 0.717) is 24.3 Å². The van der Waals surface area contributed by atoms with Gasteiger partial charge in [-0.15, -0.1) is 0 Å². The van der Waals surface area contributed by atoms with E-state index in [2.05, 4.69) is 0 Å². The van der Waals surface area contributed by atoms with Gasteiger partial charge >= 0.3 is 11.9 Å². The summed E-state index contributed by atoms with van der Waals surface area (Å²) < 4.78 is 9.92. The number of hydrogen-bond donors (Lipinski definition) is 0. The van der Waals surface area contributed by atoms with Crippen LogP contribution in [0.15, 0.2) is 72.8 Å². The maximum absolute atomic E-state index is 11.6. The van der Waals surface area contributed by atoms with Crippen molar-refractivity contribution in [2.45, 2.75) is 13.8 Å². The van der Waals surface area contributed by atoms with Gasteiger partial charge in [-0.05, 0) is 49.2 Å². The molecular formula is C24H24O4. The van der Waals surface area contributed by atoms with Crippen LogP contribution in [0.4, 0.5) is 0 Å². The third kappa shape index (κ3) is 6.72. The second-order valence-corrected chi connectivity index (χ2v) is 5.79. The van der Waals surface area contributed by atoms with Crippen molar-refractivity contribution in [1.82, 2.24) is 0 Å². The quantitative estimate of drug-likeness (QED) is 0.462. The summed E-state index contributed by atoms with van der Waals surface area (Å²) in [5.41, 5.74) is 3.09. The fraction of sp³-hybridized carbons (Fsp3) is 0.167. The molecule has 4 heteroatoms. The van der Waals surface area contributed by atoms with Crippen LogP contribution in [-0.2, 0) is 9.47 Å². The number of esters is 2. The summed E-state index contributed by atoms with van der Waals surface area (Å²) in [4.78, 5) is 23.2. The van der Waals surface area contributed by atoms with Crippen molar-refractivity contribution in [2.24, 2.45) is 0 Å². The van der Waals surface area contributed by atoms with E-state index in [1.165, 1.54) is 0 Å². The molecule has 0 aliphatic heterocycles. The van der Waals surface area contributed by atoms with Crippen molar-refractivity contribution < 1.29 is 19.1 Å². The molecule has 0 aliphatic rings. The number of hydrogen-bond acceptors (Lipinski definition) is 4. The van der Waals surface area contributed by atoms with Gasteiger partial charge in [0.25, 0.3) is 0 Å². The van der Waals surface area contributed by atoms with Crippen LogP contribution in [0.25, 0.3) is 12.2 Å². The molecule has 0 radical (unpaired) electrons. The standard InChI is InChI=1S/C24H24O4/c1-3-27-23(25)21-15-11-19(12-16-21)9-7-5-6-8-10-20-13-17-22(18-14-20)24(26)28-4-2/h5-18H,3-4H2,1-2H3/b6-5+,9-7-,10-8-. The highest BCUT2D eigenvalue weighted by atomic mass is 16.5. The Morgan fingerprint density at radius 2 is 1.00 bits per heavy atom. The summed E-state index contributed by atoms with van der Waals surface area (Å²) in [6, 6.07) is 14.5. The zero-order chi connectivity index (χ0) is 20.2. The topological polar surface area (TPSA) is 52.6 Å². The molecule has 144 valence electrons. The van der Waals surface area contributed by atoms with Gasteiger partial charge in [0.15, 0.2) is 0 Å². The van der Waals surface area contributed by atoms with Crippen LogP contribution in [0.2, 0.25) is 0 Å². The fourth-order valence-electron chi connectivity index (χ4n) is 2.35. The van der Waals surface area contributed by atoms with Crippen LogP contribution in [0.1, 0.15) is 45.7 Å². The SMILES string of the molecule is CCOC(=O)c1ccc(\C=C/C=C/C=C\c2ccc(C(=O)OCC)cc2)cc1. The first-order chi connectivity index (χ1) is 13.6. The monoisotopic (exact) mass is 376 g/mol. The van der Waals surface area contributed by atoms with Crippen LogP contribution in [0.3, 0.4) is 0 Å². The first kappa shape index (κ1) is 20.9. The van der Waals surface area contributed by atoms with E-state index in [4.69, 9.17) is 9.47 Å². The van der Waals surface area contributed by atoms with Crippen molar-refractivity contribution in [1.29, 1.82) is 0 Å². The van der Waals surface area contributed by atoms with Gasteiger partial charge in [-0.25, -0.2) is 9.59 Å². The van der Waals surface area contributed by atoms with Gasteiger partial charge in [-0.2, -0.15) is 0 Å². The van der Waals surface area contributed by atoms with Gasteiger partial charge in [0.1, 0.15) is 0 Å². The highest BCUT2D eigenvalue weighted by molar-refractivity contribution is 5.90. The highest BCUT2D eigenvalue weighted by Crippen LogP contribution is 2.09. The maximum Gasteiger partial charge on any atom is 0.338 e. The number of benzene rings is 2. The van der Waals surface area contributed by atoms with E-state index in [-0.39, 0.29) is 11.9 Å². The van der Waals surface area contributed by atoms with Gasteiger partial charge in [-0.3, -0.25) is 0 Å². The third-order valence-electron chi connectivity index (χ3n) is 3.75. The van der Waals surface area contributed by atoms with Crippen molar-refractivity contribution in [2.75, 3.05) is 13.2 Å². The average Bonchev–Trinajstić information content (AvgIpc) is 2.72. The fourth-order valence-corrected chi connectivity index (χ4v) is 2.35. The number of carbonyl (C=O) groups excluding carboxylic acids is 2. The van der Waals surface area contributed by atoms with Crippen molar-refractivity contribution in [3.8, 4) is 0 Å². The van der Waals surface area contributed by atoms with Crippen LogP contribution in [-0.4, -0.2) is 25.2 Å². The molecule has 2 rings (SSSR count). The molecule has 0 amide bonds. The molecule has 0 aromatic heterocycles. The molecule has 4 nitrogen and oxygen atoms in total. The van der Waals surface area contributed by atoms with Crippen molar-refractivity contribution >= 4 is 24.1 Å². The smallest absolute Gasteiger partial charge is 0.338 e. The zero-order valence-electron chi connectivity index (χ0n) is 16.1. The third-order valence-corrected chi connectivity index (χ3v) is 3.75. The average molecular weight is 376 g/mol. The minimum absolute atomic E-state index is 0.307. The van der Waals surface area contributed by atoms with Gasteiger partial charge in [0.05, 0.1) is 24.3 Å². The predicted molar refractivity (Wildman–Crippen MR) is 112 cm³/mol. The van der Waals surface area contributed by atoms with Crippen LogP contribution < -0.4 is 0 Å². The van der Waals surface area contributed by atoms with Crippen LogP contribution in [0, 0.1) is 0 Å². The summed E-state index contributed by atoms with van der Waals surface area (Å²) in [6.45, 7) is 4.31. The summed E-state index contributed by atoms with van der Waals surface area (Å²) in [7, 11) is 0. The summed E-state index contributed by atoms with van der Waals surface area (Å²) in [6.07, 6.45) is 11.6. The summed E-state index contributed by atoms with van der Waals surface area (Å²) >= 11 is 0. The lowest BCUT2D eigenvalue weighted by Crippen LogP contribution is -2.03. The summed E-state index contributed by atoms with van der Waals surface area (Å²) in [5.74, 6) is -0.614. The van der Waals surface area contributed by atoms with Crippen LogP contribution >= 0.6 is 0 Å². The molecule has 0 saturated carbocycles. The Kier molecular flexibility index (Phi) is 8.47. The molecule has 0 fully saturated rings. The van der Waals surface area contributed by atoms with Gasteiger partial charge in [0, 0.05) is 0 Å². The summed E-state index contributed by atoms with van der Waals surface area (Å²) in [5, 5.41) is 0. The molecule has 0 heterocycles. The molecule has 0 spiro atoms. The lowest BCUT2D eigenvalue weighted by molar-refractivity contribution is 0.0516. The molecule has 2 aromatic rings. The molecule has 0 N–H and O–H groups in total. The Morgan fingerprint density at radius 3 is 1.32 bits per heavy atom. The van der Waals surface area contributed by atoms with Gasteiger partial charge in [0.2, 0.25) is 0 Å². The molecule has 0 unspecified atom stereocenters. The Bertz CT molecular complexity index is 783. The van der Waals surface area contributed by atoms with E-state index >= 15 is 0 Å². The molecule has 2 aromatic carbocycles. The Morgan fingerprint density at radius 1 is 0.643 bits per heavy atom. The van der Waals surface area contributed by atoms with E-state index in [1.54, 1.807) is 38.1 Å². The van der Waals surface area contributed by atoms with Gasteiger partial charge < -0.3 is 9.47 Å². The van der Waals surface area contributed by atoms with E-state index in [0.717, 1.165) is 11.1 Å². The van der Waals surface area contributed by atoms with Crippen molar-refractivity contribution in [3.05, 3.63) is 95.1 Å². The number of ether oxygens (including phenoxy) is 2. The molecule has 0 bridgehead atoms. The van der Waals surface area contributed by atoms with E-state index < -0.39 is 0 Å². The Labute approximate surface area is 165 Å². The molecular weight excluding hydrogens is 352 g/mol. The molecule has 0 aliphatic carbocycles. The highest BCUT2D eigenvalue weighted by Gasteiger charge is 2.05.